The second-order valence-corrected chi connectivity index (χ2v) is 4.66. The lowest BCUT2D eigenvalue weighted by Crippen LogP contribution is -2.37. The molecule has 2 aliphatic rings. The molecule has 1 saturated heterocycles. The quantitative estimate of drug-likeness (QED) is 0.740. The van der Waals surface area contributed by atoms with E-state index in [0.717, 1.165) is 11.1 Å². The molecular formula is C13H13N3O2. The molecule has 0 radical (unpaired) electrons. The Kier molecular flexibility index (Phi) is 2.23. The first-order valence-corrected chi connectivity index (χ1v) is 5.84. The van der Waals surface area contributed by atoms with E-state index in [2.05, 4.69) is 10.5 Å². The third kappa shape index (κ3) is 1.30. The topological polar surface area (TPSA) is 61.8 Å². The van der Waals surface area contributed by atoms with Crippen molar-refractivity contribution in [2.24, 2.45) is 11.0 Å². The lowest BCUT2D eigenvalue weighted by molar-refractivity contribution is -0.122. The first kappa shape index (κ1) is 11.0. The molecule has 5 nitrogen and oxygen atoms in total. The fraction of sp³-hybridized carbons (Fsp3) is 0.308. The van der Waals surface area contributed by atoms with Gasteiger partial charge in [-0.15, -0.1) is 0 Å². The van der Waals surface area contributed by atoms with Crippen LogP contribution in [0.25, 0.3) is 0 Å². The highest BCUT2D eigenvalue weighted by atomic mass is 16.2. The monoisotopic (exact) mass is 243 g/mol. The zero-order valence-electron chi connectivity index (χ0n) is 10.2. The predicted octanol–water partition coefficient (Wildman–Crippen LogP) is 0.750. The number of rotatable bonds is 1. The molecule has 18 heavy (non-hydrogen) atoms. The van der Waals surface area contributed by atoms with Crippen LogP contribution in [-0.2, 0) is 9.59 Å². The van der Waals surface area contributed by atoms with Gasteiger partial charge in [0.15, 0.2) is 0 Å². The first-order valence-electron chi connectivity index (χ1n) is 5.84. The summed E-state index contributed by atoms with van der Waals surface area (Å²) in [6.07, 6.45) is 1.51. The summed E-state index contributed by atoms with van der Waals surface area (Å²) in [6, 6.07) is 5.19. The minimum Gasteiger partial charge on any atom is -0.297 e. The van der Waals surface area contributed by atoms with E-state index in [0.29, 0.717) is 5.69 Å². The van der Waals surface area contributed by atoms with Gasteiger partial charge in [-0.05, 0) is 25.0 Å². The summed E-state index contributed by atoms with van der Waals surface area (Å²) in [5.41, 5.74) is 5.25. The standard InChI is InChI=1S/C13H13N3O2/c1-7-4-3-5-8(2)11(7)16-12(17)9-6-14-15-10(9)13(16)18/h3-6,9-10,15H,1-2H3. The van der Waals surface area contributed by atoms with Crippen molar-refractivity contribution in [3.05, 3.63) is 29.3 Å². The molecule has 5 heteroatoms. The average Bonchev–Trinajstić information content (AvgIpc) is 2.88. The van der Waals surface area contributed by atoms with Crippen molar-refractivity contribution in [3.8, 4) is 0 Å². The van der Waals surface area contributed by atoms with Crippen molar-refractivity contribution in [3.63, 3.8) is 0 Å². The van der Waals surface area contributed by atoms with Crippen molar-refractivity contribution < 1.29 is 9.59 Å². The van der Waals surface area contributed by atoms with Gasteiger partial charge in [-0.3, -0.25) is 15.0 Å². The number of aryl methyl sites for hydroxylation is 2. The van der Waals surface area contributed by atoms with Crippen molar-refractivity contribution in [2.45, 2.75) is 19.9 Å². The number of fused-ring (bicyclic) bond motifs is 1. The predicted molar refractivity (Wildman–Crippen MR) is 67.3 cm³/mol. The summed E-state index contributed by atoms with van der Waals surface area (Å²) in [4.78, 5) is 25.8. The highest BCUT2D eigenvalue weighted by molar-refractivity contribution is 6.28. The molecule has 1 aromatic rings. The largest absolute Gasteiger partial charge is 0.297 e. The molecule has 0 aromatic heterocycles. The molecular weight excluding hydrogens is 230 g/mol. The fourth-order valence-corrected chi connectivity index (χ4v) is 2.56. The summed E-state index contributed by atoms with van der Waals surface area (Å²) in [7, 11) is 0. The molecule has 2 atom stereocenters. The van der Waals surface area contributed by atoms with E-state index < -0.39 is 12.0 Å². The van der Waals surface area contributed by atoms with Gasteiger partial charge in [0.25, 0.3) is 5.91 Å². The number of hydrazone groups is 1. The Morgan fingerprint density at radius 3 is 2.44 bits per heavy atom. The van der Waals surface area contributed by atoms with Crippen molar-refractivity contribution in [2.75, 3.05) is 4.90 Å². The lowest BCUT2D eigenvalue weighted by Gasteiger charge is -2.19. The minimum atomic E-state index is -0.531. The number of hydrogen-bond donors (Lipinski definition) is 1. The molecule has 2 unspecified atom stereocenters. The van der Waals surface area contributed by atoms with E-state index in [4.69, 9.17) is 0 Å². The number of carbonyl (C=O) groups excluding carboxylic acids is 2. The smallest absolute Gasteiger partial charge is 0.259 e. The van der Waals surface area contributed by atoms with Crippen molar-refractivity contribution in [1.82, 2.24) is 5.43 Å². The number of hydrogen-bond acceptors (Lipinski definition) is 4. The van der Waals surface area contributed by atoms with E-state index >= 15 is 0 Å². The molecule has 92 valence electrons. The lowest BCUT2D eigenvalue weighted by atomic mass is 10.1. The SMILES string of the molecule is Cc1cccc(C)c1N1C(=O)C2C=NNC2C1=O. The van der Waals surface area contributed by atoms with Gasteiger partial charge in [-0.2, -0.15) is 5.10 Å². The number of benzene rings is 1. The Labute approximate surface area is 104 Å². The molecule has 1 aromatic carbocycles. The number of carbonyl (C=O) groups is 2. The second kappa shape index (κ2) is 3.66. The Morgan fingerprint density at radius 2 is 1.83 bits per heavy atom. The number of amides is 2. The van der Waals surface area contributed by atoms with E-state index in [-0.39, 0.29) is 11.8 Å². The summed E-state index contributed by atoms with van der Waals surface area (Å²) in [5, 5.41) is 3.80. The third-order valence-electron chi connectivity index (χ3n) is 3.46. The zero-order valence-corrected chi connectivity index (χ0v) is 10.2. The molecule has 0 spiro atoms. The molecule has 0 aliphatic carbocycles. The van der Waals surface area contributed by atoms with Gasteiger partial charge in [0.1, 0.15) is 12.0 Å². The maximum absolute atomic E-state index is 12.3. The van der Waals surface area contributed by atoms with Gasteiger partial charge in [0, 0.05) is 6.21 Å². The molecule has 0 bridgehead atoms. The van der Waals surface area contributed by atoms with Gasteiger partial charge < -0.3 is 0 Å². The van der Waals surface area contributed by atoms with Crippen LogP contribution in [0.4, 0.5) is 5.69 Å². The van der Waals surface area contributed by atoms with Crippen LogP contribution in [0.5, 0.6) is 0 Å². The maximum atomic E-state index is 12.3. The minimum absolute atomic E-state index is 0.198. The highest BCUT2D eigenvalue weighted by Crippen LogP contribution is 2.32. The van der Waals surface area contributed by atoms with Gasteiger partial charge >= 0.3 is 0 Å². The van der Waals surface area contributed by atoms with Gasteiger partial charge in [-0.25, -0.2) is 4.90 Å². The molecule has 2 aliphatic heterocycles. The van der Waals surface area contributed by atoms with Crippen LogP contribution < -0.4 is 10.3 Å². The van der Waals surface area contributed by atoms with Gasteiger partial charge in [0.05, 0.1) is 5.69 Å². The van der Waals surface area contributed by atoms with Gasteiger partial charge in [0.2, 0.25) is 5.91 Å². The van der Waals surface area contributed by atoms with Crippen LogP contribution in [-0.4, -0.2) is 24.1 Å². The van der Waals surface area contributed by atoms with Crippen LogP contribution in [0.3, 0.4) is 0 Å². The normalized spacial score (nSPS) is 25.6. The summed E-state index contributed by atoms with van der Waals surface area (Å²) in [6.45, 7) is 3.80. The zero-order chi connectivity index (χ0) is 12.9. The summed E-state index contributed by atoms with van der Waals surface area (Å²) in [5.74, 6) is -0.882. The highest BCUT2D eigenvalue weighted by Gasteiger charge is 2.50. The van der Waals surface area contributed by atoms with Crippen LogP contribution in [0.15, 0.2) is 23.3 Å². The van der Waals surface area contributed by atoms with Crippen molar-refractivity contribution in [1.29, 1.82) is 0 Å². The Morgan fingerprint density at radius 1 is 1.17 bits per heavy atom. The molecule has 0 saturated carbocycles. The number of anilines is 1. The van der Waals surface area contributed by atoms with E-state index in [9.17, 15) is 9.59 Å². The summed E-state index contributed by atoms with van der Waals surface area (Å²) < 4.78 is 0. The third-order valence-corrected chi connectivity index (χ3v) is 3.46. The van der Waals surface area contributed by atoms with Crippen LogP contribution >= 0.6 is 0 Å². The average molecular weight is 243 g/mol. The number of para-hydroxylation sites is 1. The molecule has 1 N–H and O–H groups in total. The number of nitrogens with one attached hydrogen (secondary N) is 1. The van der Waals surface area contributed by atoms with E-state index in [1.165, 1.54) is 11.1 Å². The van der Waals surface area contributed by atoms with E-state index in [1.807, 2.05) is 32.0 Å². The molecule has 2 amide bonds. The Bertz CT molecular complexity index is 559. The van der Waals surface area contributed by atoms with Crippen LogP contribution in [0, 0.1) is 19.8 Å². The van der Waals surface area contributed by atoms with Crippen LogP contribution in [0.1, 0.15) is 11.1 Å². The molecule has 2 heterocycles. The molecule has 3 rings (SSSR count). The van der Waals surface area contributed by atoms with Crippen molar-refractivity contribution >= 4 is 23.7 Å². The first-order chi connectivity index (χ1) is 8.61. The second-order valence-electron chi connectivity index (χ2n) is 4.66. The number of imide groups is 1. The maximum Gasteiger partial charge on any atom is 0.259 e. The van der Waals surface area contributed by atoms with Gasteiger partial charge in [-0.1, -0.05) is 18.2 Å². The Balaban J connectivity index is 2.10. The fourth-order valence-electron chi connectivity index (χ4n) is 2.56. The summed E-state index contributed by atoms with van der Waals surface area (Å²) >= 11 is 0. The van der Waals surface area contributed by atoms with Crippen LogP contribution in [0.2, 0.25) is 0 Å². The Hall–Kier alpha value is -2.17. The van der Waals surface area contributed by atoms with E-state index in [1.54, 1.807) is 0 Å². The molecule has 1 fully saturated rings. The number of nitrogens with zero attached hydrogens (tertiary/aromatic N) is 2.